The molecule has 1 amide bonds. The van der Waals surface area contributed by atoms with Gasteiger partial charge >= 0.3 is 0 Å². The highest BCUT2D eigenvalue weighted by Gasteiger charge is 2.26. The van der Waals surface area contributed by atoms with Gasteiger partial charge in [-0.1, -0.05) is 26.7 Å². The van der Waals surface area contributed by atoms with Gasteiger partial charge in [0.2, 0.25) is 15.8 Å². The van der Waals surface area contributed by atoms with Crippen LogP contribution in [0.2, 0.25) is 0 Å². The van der Waals surface area contributed by atoms with Gasteiger partial charge in [-0.05, 0) is 37.7 Å². The maximum atomic E-state index is 12.3. The van der Waals surface area contributed by atoms with Crippen molar-refractivity contribution >= 4 is 38.8 Å². The maximum absolute atomic E-state index is 12.3. The molecule has 11 heteroatoms. The summed E-state index contributed by atoms with van der Waals surface area (Å²) in [6, 6.07) is 2.20. The third-order valence-electron chi connectivity index (χ3n) is 5.17. The zero-order chi connectivity index (χ0) is 23.2. The Morgan fingerprint density at radius 3 is 2.42 bits per heavy atom. The number of ether oxygens (including phenoxy) is 1. The van der Waals surface area contributed by atoms with Gasteiger partial charge in [0.1, 0.15) is 5.69 Å². The molecule has 0 aromatic heterocycles. The number of amides is 1. The Balaban J connectivity index is 2.39. The average molecular weight is 456 g/mol. The lowest BCUT2D eigenvalue weighted by Gasteiger charge is -2.24. The summed E-state index contributed by atoms with van der Waals surface area (Å²) >= 11 is 0. The monoisotopic (exact) mass is 455 g/mol. The average Bonchev–Trinajstić information content (AvgIpc) is 2.68. The van der Waals surface area contributed by atoms with E-state index in [4.69, 9.17) is 4.74 Å². The molecule has 2 N–H and O–H groups in total. The molecule has 1 atom stereocenters. The third kappa shape index (κ3) is 7.50. The van der Waals surface area contributed by atoms with E-state index in [2.05, 4.69) is 10.0 Å². The molecule has 172 valence electrons. The van der Waals surface area contributed by atoms with E-state index in [1.54, 1.807) is 0 Å². The zero-order valence-corrected chi connectivity index (χ0v) is 18.8. The molecule has 1 aliphatic carbocycles. The Labute approximate surface area is 181 Å². The van der Waals surface area contributed by atoms with Crippen molar-refractivity contribution in [2.75, 3.05) is 16.3 Å². The number of nitrogens with one attached hydrogen (secondary N) is 2. The predicted octanol–water partition coefficient (Wildman–Crippen LogP) is 3.62. The molecule has 1 aromatic carbocycles. The van der Waals surface area contributed by atoms with Crippen LogP contribution in [0.1, 0.15) is 58.8 Å². The number of hydrogen-bond donors (Lipinski definition) is 2. The summed E-state index contributed by atoms with van der Waals surface area (Å²) in [6.07, 6.45) is 5.95. The number of ketones is 1. The van der Waals surface area contributed by atoms with E-state index in [9.17, 15) is 28.1 Å². The van der Waals surface area contributed by atoms with Crippen LogP contribution < -0.4 is 14.8 Å². The molecule has 2 rings (SSSR count). The highest BCUT2D eigenvalue weighted by Crippen LogP contribution is 2.38. The molecule has 31 heavy (non-hydrogen) atoms. The van der Waals surface area contributed by atoms with Crippen LogP contribution in [0.4, 0.5) is 17.1 Å². The number of rotatable bonds is 10. The minimum atomic E-state index is -3.73. The van der Waals surface area contributed by atoms with E-state index in [1.807, 2.05) is 13.8 Å². The summed E-state index contributed by atoms with van der Waals surface area (Å²) in [5.41, 5.74) is -0.812. The van der Waals surface area contributed by atoms with Gasteiger partial charge < -0.3 is 10.1 Å². The second kappa shape index (κ2) is 10.6. The molecule has 1 unspecified atom stereocenters. The summed E-state index contributed by atoms with van der Waals surface area (Å²) in [4.78, 5) is 35.3. The van der Waals surface area contributed by atoms with E-state index in [0.29, 0.717) is 6.42 Å². The Bertz CT molecular complexity index is 940. The summed E-state index contributed by atoms with van der Waals surface area (Å²) in [6.45, 7) is 3.70. The van der Waals surface area contributed by atoms with Gasteiger partial charge in [-0.25, -0.2) is 8.42 Å². The van der Waals surface area contributed by atoms with Crippen LogP contribution in [0.3, 0.4) is 0 Å². The van der Waals surface area contributed by atoms with Crippen LogP contribution in [0, 0.1) is 16.0 Å². The standard InChI is InChI=1S/C20H29N3O7S/c1-4-13(2)10-18(24)20(25)21-15-11-16(22-31(3,28)29)19(12-17(15)23(26)27)30-14-8-6-5-7-9-14/h11-14,22H,4-10H2,1-3H3,(H,21,25). The zero-order valence-electron chi connectivity index (χ0n) is 18.0. The van der Waals surface area contributed by atoms with Crippen LogP contribution >= 0.6 is 0 Å². The number of carbonyl (C=O) groups is 2. The molecule has 1 fully saturated rings. The quantitative estimate of drug-likeness (QED) is 0.311. The minimum absolute atomic E-state index is 0.00737. The van der Waals surface area contributed by atoms with Gasteiger partial charge in [-0.3, -0.25) is 24.4 Å². The second-order valence-electron chi connectivity index (χ2n) is 7.97. The largest absolute Gasteiger partial charge is 0.488 e. The first-order valence-corrected chi connectivity index (χ1v) is 12.2. The lowest BCUT2D eigenvalue weighted by molar-refractivity contribution is -0.384. The Hall–Kier alpha value is -2.69. The first-order chi connectivity index (χ1) is 14.5. The van der Waals surface area contributed by atoms with Crippen molar-refractivity contribution < 1.29 is 27.7 Å². The Morgan fingerprint density at radius 1 is 1.23 bits per heavy atom. The topological polar surface area (TPSA) is 145 Å². The number of anilines is 2. The summed E-state index contributed by atoms with van der Waals surface area (Å²) in [5.74, 6) is -1.70. The molecule has 0 heterocycles. The van der Waals surface area contributed by atoms with Crippen molar-refractivity contribution in [3.05, 3.63) is 22.2 Å². The van der Waals surface area contributed by atoms with Crippen LogP contribution in [0.25, 0.3) is 0 Å². The van der Waals surface area contributed by atoms with Crippen molar-refractivity contribution in [3.63, 3.8) is 0 Å². The lowest BCUT2D eigenvalue weighted by atomic mass is 9.98. The third-order valence-corrected chi connectivity index (χ3v) is 5.76. The second-order valence-corrected chi connectivity index (χ2v) is 9.72. The summed E-state index contributed by atoms with van der Waals surface area (Å²) in [7, 11) is -3.73. The van der Waals surface area contributed by atoms with Crippen LogP contribution in [-0.4, -0.2) is 37.4 Å². The first-order valence-electron chi connectivity index (χ1n) is 10.3. The molecular weight excluding hydrogens is 426 g/mol. The highest BCUT2D eigenvalue weighted by molar-refractivity contribution is 7.92. The number of sulfonamides is 1. The number of nitrogens with zero attached hydrogens (tertiary/aromatic N) is 1. The molecular formula is C20H29N3O7S. The fourth-order valence-corrected chi connectivity index (χ4v) is 3.86. The van der Waals surface area contributed by atoms with E-state index >= 15 is 0 Å². The molecule has 0 spiro atoms. The van der Waals surface area contributed by atoms with Crippen molar-refractivity contribution in [1.29, 1.82) is 0 Å². The van der Waals surface area contributed by atoms with E-state index < -0.39 is 32.3 Å². The molecule has 1 aliphatic rings. The number of hydrogen-bond acceptors (Lipinski definition) is 7. The van der Waals surface area contributed by atoms with Gasteiger partial charge in [0.25, 0.3) is 11.6 Å². The molecule has 10 nitrogen and oxygen atoms in total. The van der Waals surface area contributed by atoms with Gasteiger partial charge in [0, 0.05) is 6.42 Å². The molecule has 1 saturated carbocycles. The fourth-order valence-electron chi connectivity index (χ4n) is 3.31. The summed E-state index contributed by atoms with van der Waals surface area (Å²) < 4.78 is 31.8. The molecule has 0 bridgehead atoms. The van der Waals surface area contributed by atoms with Crippen molar-refractivity contribution in [2.45, 2.75) is 64.9 Å². The SMILES string of the molecule is CCC(C)CC(=O)C(=O)Nc1cc(NS(C)(=O)=O)c(OC2CCCCC2)cc1[N+](=O)[O-]. The van der Waals surface area contributed by atoms with Gasteiger partial charge in [0.05, 0.1) is 29.0 Å². The number of Topliss-reactive ketones (excluding diaryl/α,β-unsaturated/α-hetero) is 1. The van der Waals surface area contributed by atoms with Gasteiger partial charge in [-0.2, -0.15) is 0 Å². The number of nitro benzene ring substituents is 1. The Kier molecular flexibility index (Phi) is 8.37. The Morgan fingerprint density at radius 2 is 1.87 bits per heavy atom. The lowest BCUT2D eigenvalue weighted by Crippen LogP contribution is -2.25. The fraction of sp³-hybridized carbons (Fsp3) is 0.600. The van der Waals surface area contributed by atoms with E-state index in [0.717, 1.165) is 50.5 Å². The molecule has 1 aromatic rings. The van der Waals surface area contributed by atoms with Crippen molar-refractivity contribution in [3.8, 4) is 5.75 Å². The first kappa shape index (κ1) is 24.6. The highest BCUT2D eigenvalue weighted by atomic mass is 32.2. The van der Waals surface area contributed by atoms with Crippen LogP contribution in [0.5, 0.6) is 5.75 Å². The molecule has 0 saturated heterocycles. The van der Waals surface area contributed by atoms with Crippen molar-refractivity contribution in [1.82, 2.24) is 0 Å². The number of carbonyl (C=O) groups excluding carboxylic acids is 2. The predicted molar refractivity (Wildman–Crippen MR) is 117 cm³/mol. The van der Waals surface area contributed by atoms with E-state index in [-0.39, 0.29) is 35.6 Å². The maximum Gasteiger partial charge on any atom is 0.296 e. The number of benzene rings is 1. The number of nitro groups is 1. The normalized spacial score (nSPS) is 15.7. The van der Waals surface area contributed by atoms with Gasteiger partial charge in [0.15, 0.2) is 5.75 Å². The van der Waals surface area contributed by atoms with E-state index in [1.165, 1.54) is 0 Å². The summed E-state index contributed by atoms with van der Waals surface area (Å²) in [5, 5.41) is 13.9. The molecule has 0 radical (unpaired) electrons. The van der Waals surface area contributed by atoms with Crippen LogP contribution in [0.15, 0.2) is 12.1 Å². The molecule has 0 aliphatic heterocycles. The van der Waals surface area contributed by atoms with Gasteiger partial charge in [-0.15, -0.1) is 0 Å². The van der Waals surface area contributed by atoms with Crippen LogP contribution in [-0.2, 0) is 19.6 Å². The smallest absolute Gasteiger partial charge is 0.296 e. The van der Waals surface area contributed by atoms with Crippen molar-refractivity contribution in [2.24, 2.45) is 5.92 Å². The minimum Gasteiger partial charge on any atom is -0.488 e.